The molecular formula is C22H24N2O5. The predicted octanol–water partition coefficient (Wildman–Crippen LogP) is 3.47. The molecule has 3 N–H and O–H groups in total. The smallest absolute Gasteiger partial charge is 0.349 e. The Balaban J connectivity index is 2.01. The Morgan fingerprint density at radius 2 is 1.86 bits per heavy atom. The van der Waals surface area contributed by atoms with Crippen LogP contribution >= 0.6 is 0 Å². The fourth-order valence-electron chi connectivity index (χ4n) is 3.22. The summed E-state index contributed by atoms with van der Waals surface area (Å²) in [5, 5.41) is 3.36. The number of ether oxygens (including phenoxy) is 2. The summed E-state index contributed by atoms with van der Waals surface area (Å²) in [5.41, 5.74) is 7.40. The molecule has 0 atom stereocenters. The average Bonchev–Trinajstić information content (AvgIpc) is 2.74. The molecule has 0 saturated heterocycles. The Labute approximate surface area is 168 Å². The van der Waals surface area contributed by atoms with Crippen molar-refractivity contribution in [1.82, 2.24) is 0 Å². The monoisotopic (exact) mass is 396 g/mol. The van der Waals surface area contributed by atoms with E-state index in [1.165, 1.54) is 13.2 Å². The molecular weight excluding hydrogens is 372 g/mol. The van der Waals surface area contributed by atoms with Gasteiger partial charge in [0.25, 0.3) is 5.91 Å². The number of anilines is 1. The highest BCUT2D eigenvalue weighted by atomic mass is 16.5. The molecule has 0 saturated carbocycles. The molecule has 0 unspecified atom stereocenters. The molecule has 7 nitrogen and oxygen atoms in total. The molecule has 0 aliphatic carbocycles. The van der Waals surface area contributed by atoms with E-state index >= 15 is 0 Å². The quantitative estimate of drug-likeness (QED) is 0.593. The molecule has 0 radical (unpaired) electrons. The zero-order chi connectivity index (χ0) is 21.0. The lowest BCUT2D eigenvalue weighted by Gasteiger charge is -2.12. The minimum Gasteiger partial charge on any atom is -0.496 e. The van der Waals surface area contributed by atoms with Gasteiger partial charge in [0.1, 0.15) is 22.6 Å². The molecule has 1 heterocycles. The van der Waals surface area contributed by atoms with Gasteiger partial charge >= 0.3 is 5.63 Å². The van der Waals surface area contributed by atoms with E-state index in [1.54, 1.807) is 31.4 Å². The van der Waals surface area contributed by atoms with Gasteiger partial charge < -0.3 is 24.9 Å². The van der Waals surface area contributed by atoms with Gasteiger partial charge in [-0.1, -0.05) is 19.4 Å². The van der Waals surface area contributed by atoms with E-state index in [-0.39, 0.29) is 5.56 Å². The van der Waals surface area contributed by atoms with Crippen LogP contribution in [0.3, 0.4) is 0 Å². The van der Waals surface area contributed by atoms with E-state index < -0.39 is 11.5 Å². The van der Waals surface area contributed by atoms with Crippen LogP contribution in [0.4, 0.5) is 5.69 Å². The van der Waals surface area contributed by atoms with Crippen LogP contribution < -0.4 is 26.1 Å². The largest absolute Gasteiger partial charge is 0.496 e. The standard InChI is InChI=1S/C22H24N2O5/c1-4-5-15-18(27-2)9-7-14-11-16(22(26)29-20(14)15)21(25)24-17-8-6-13(12-23)10-19(17)28-3/h6-11H,4-5,12,23H2,1-3H3,(H,24,25). The third kappa shape index (κ3) is 4.09. The summed E-state index contributed by atoms with van der Waals surface area (Å²) in [5.74, 6) is 0.540. The molecule has 0 aliphatic heterocycles. The summed E-state index contributed by atoms with van der Waals surface area (Å²) in [4.78, 5) is 25.3. The van der Waals surface area contributed by atoms with Gasteiger partial charge in [-0.15, -0.1) is 0 Å². The first kappa shape index (κ1) is 20.4. The fourth-order valence-corrected chi connectivity index (χ4v) is 3.22. The van der Waals surface area contributed by atoms with Crippen LogP contribution in [0.15, 0.2) is 45.6 Å². The normalized spacial score (nSPS) is 10.8. The third-order valence-corrected chi connectivity index (χ3v) is 4.68. The molecule has 152 valence electrons. The summed E-state index contributed by atoms with van der Waals surface area (Å²) in [6.07, 6.45) is 1.56. The van der Waals surface area contributed by atoms with Crippen LogP contribution in [-0.2, 0) is 13.0 Å². The minimum absolute atomic E-state index is 0.0879. The van der Waals surface area contributed by atoms with E-state index in [4.69, 9.17) is 19.6 Å². The van der Waals surface area contributed by atoms with Crippen LogP contribution in [0, 0.1) is 0 Å². The number of rotatable bonds is 7. The molecule has 0 fully saturated rings. The number of hydrogen-bond acceptors (Lipinski definition) is 6. The van der Waals surface area contributed by atoms with Crippen molar-refractivity contribution in [3.63, 3.8) is 0 Å². The summed E-state index contributed by atoms with van der Waals surface area (Å²) >= 11 is 0. The summed E-state index contributed by atoms with van der Waals surface area (Å²) in [6, 6.07) is 10.3. The van der Waals surface area contributed by atoms with Gasteiger partial charge in [0.05, 0.1) is 19.9 Å². The Bertz CT molecular complexity index is 1100. The highest BCUT2D eigenvalue weighted by Gasteiger charge is 2.18. The number of amides is 1. The highest BCUT2D eigenvalue weighted by Crippen LogP contribution is 2.30. The number of methoxy groups -OCH3 is 2. The highest BCUT2D eigenvalue weighted by molar-refractivity contribution is 6.06. The number of carbonyl (C=O) groups excluding carboxylic acids is 1. The third-order valence-electron chi connectivity index (χ3n) is 4.68. The van der Waals surface area contributed by atoms with Crippen molar-refractivity contribution in [2.75, 3.05) is 19.5 Å². The van der Waals surface area contributed by atoms with Crippen LogP contribution in [0.25, 0.3) is 11.0 Å². The first-order valence-electron chi connectivity index (χ1n) is 9.34. The molecule has 1 amide bonds. The van der Waals surface area contributed by atoms with Crippen LogP contribution in [0.1, 0.15) is 34.8 Å². The molecule has 2 aromatic carbocycles. The average molecular weight is 396 g/mol. The number of carbonyl (C=O) groups is 1. The Kier molecular flexibility index (Phi) is 6.19. The van der Waals surface area contributed by atoms with Crippen LogP contribution in [0.5, 0.6) is 11.5 Å². The van der Waals surface area contributed by atoms with Gasteiger partial charge in [0.2, 0.25) is 0 Å². The first-order chi connectivity index (χ1) is 14.0. The van der Waals surface area contributed by atoms with Gasteiger partial charge in [-0.2, -0.15) is 0 Å². The molecule has 3 rings (SSSR count). The Hall–Kier alpha value is -3.32. The lowest BCUT2D eigenvalue weighted by Crippen LogP contribution is -2.21. The molecule has 0 spiro atoms. The number of benzene rings is 2. The van der Waals surface area contributed by atoms with Crippen molar-refractivity contribution in [2.45, 2.75) is 26.3 Å². The Morgan fingerprint density at radius 3 is 2.52 bits per heavy atom. The number of aryl methyl sites for hydroxylation is 1. The number of hydrogen-bond donors (Lipinski definition) is 2. The maximum Gasteiger partial charge on any atom is 0.349 e. The van der Waals surface area contributed by atoms with Crippen molar-refractivity contribution in [3.8, 4) is 11.5 Å². The molecule has 0 aliphatic rings. The molecule has 0 bridgehead atoms. The van der Waals surface area contributed by atoms with Crippen LogP contribution in [0.2, 0.25) is 0 Å². The second kappa shape index (κ2) is 8.79. The molecule has 3 aromatic rings. The maximum atomic E-state index is 12.8. The van der Waals surface area contributed by atoms with Gasteiger partial charge in [0, 0.05) is 17.5 Å². The second-order valence-electron chi connectivity index (χ2n) is 6.56. The second-order valence-corrected chi connectivity index (χ2v) is 6.56. The fraction of sp³-hybridized carbons (Fsp3) is 0.273. The van der Waals surface area contributed by atoms with E-state index in [2.05, 4.69) is 5.32 Å². The molecule has 29 heavy (non-hydrogen) atoms. The Morgan fingerprint density at radius 1 is 1.10 bits per heavy atom. The van der Waals surface area contributed by atoms with Gasteiger partial charge in [-0.05, 0) is 42.3 Å². The maximum absolute atomic E-state index is 12.8. The van der Waals surface area contributed by atoms with Crippen molar-refractivity contribution in [2.24, 2.45) is 5.73 Å². The minimum atomic E-state index is -0.710. The topological polar surface area (TPSA) is 104 Å². The van der Waals surface area contributed by atoms with Gasteiger partial charge in [0.15, 0.2) is 0 Å². The molecule has 1 aromatic heterocycles. The van der Waals surface area contributed by atoms with Gasteiger partial charge in [-0.25, -0.2) is 4.79 Å². The molecule has 7 heteroatoms. The van der Waals surface area contributed by atoms with Gasteiger partial charge in [-0.3, -0.25) is 4.79 Å². The number of nitrogens with two attached hydrogens (primary N) is 1. The number of fused-ring (bicyclic) bond motifs is 1. The van der Waals surface area contributed by atoms with Crippen molar-refractivity contribution < 1.29 is 18.7 Å². The lowest BCUT2D eigenvalue weighted by atomic mass is 10.0. The van der Waals surface area contributed by atoms with E-state index in [9.17, 15) is 9.59 Å². The van der Waals surface area contributed by atoms with E-state index in [1.807, 2.05) is 13.0 Å². The SMILES string of the molecule is CCCc1c(OC)ccc2cc(C(=O)Nc3ccc(CN)cc3OC)c(=O)oc12. The number of nitrogens with one attached hydrogen (secondary N) is 1. The lowest BCUT2D eigenvalue weighted by molar-refractivity contribution is 0.102. The summed E-state index contributed by atoms with van der Waals surface area (Å²) < 4.78 is 16.2. The summed E-state index contributed by atoms with van der Waals surface area (Å²) in [7, 11) is 3.07. The van der Waals surface area contributed by atoms with Crippen molar-refractivity contribution in [3.05, 3.63) is 63.5 Å². The summed E-state index contributed by atoms with van der Waals surface area (Å²) in [6.45, 7) is 2.38. The first-order valence-corrected chi connectivity index (χ1v) is 9.34. The predicted molar refractivity (Wildman–Crippen MR) is 112 cm³/mol. The van der Waals surface area contributed by atoms with Crippen molar-refractivity contribution >= 4 is 22.6 Å². The van der Waals surface area contributed by atoms with Crippen LogP contribution in [-0.4, -0.2) is 20.1 Å². The van der Waals surface area contributed by atoms with Crippen molar-refractivity contribution in [1.29, 1.82) is 0 Å². The van der Waals surface area contributed by atoms with E-state index in [0.717, 1.165) is 17.5 Å². The zero-order valence-corrected chi connectivity index (χ0v) is 16.7. The van der Waals surface area contributed by atoms with E-state index in [0.29, 0.717) is 41.1 Å². The zero-order valence-electron chi connectivity index (χ0n) is 16.7.